The largest absolute Gasteiger partial charge is 0.493 e. The minimum atomic E-state index is -3.96. The summed E-state index contributed by atoms with van der Waals surface area (Å²) in [5.41, 5.74) is 1.89. The fourth-order valence-electron chi connectivity index (χ4n) is 3.69. The number of fused-ring (bicyclic) bond motifs is 1. The van der Waals surface area contributed by atoms with Crippen LogP contribution in [0.15, 0.2) is 47.4 Å². The van der Waals surface area contributed by atoms with E-state index in [1.54, 1.807) is 6.07 Å². The van der Waals surface area contributed by atoms with Crippen LogP contribution in [-0.2, 0) is 27.8 Å². The summed E-state index contributed by atoms with van der Waals surface area (Å²) < 4.78 is 39.0. The smallest absolute Gasteiger partial charge is 0.244 e. The van der Waals surface area contributed by atoms with E-state index >= 15 is 0 Å². The lowest BCUT2D eigenvalue weighted by Gasteiger charge is -2.35. The van der Waals surface area contributed by atoms with Crippen LogP contribution in [-0.4, -0.2) is 45.4 Å². The molecule has 8 heteroatoms. The van der Waals surface area contributed by atoms with E-state index in [2.05, 4.69) is 19.2 Å². The number of methoxy groups -OCH3 is 2. The second-order valence-corrected chi connectivity index (χ2v) is 9.92. The van der Waals surface area contributed by atoms with Crippen molar-refractivity contribution in [3.8, 4) is 11.5 Å². The molecular formula is C23H30N2O5S. The van der Waals surface area contributed by atoms with E-state index in [-0.39, 0.29) is 17.3 Å². The molecule has 0 unspecified atom stereocenters. The lowest BCUT2D eigenvalue weighted by molar-refractivity contribution is -0.125. The van der Waals surface area contributed by atoms with E-state index in [0.717, 1.165) is 17.5 Å². The highest BCUT2D eigenvalue weighted by Gasteiger charge is 2.39. The van der Waals surface area contributed by atoms with Gasteiger partial charge in [-0.1, -0.05) is 38.1 Å². The number of benzene rings is 2. The summed E-state index contributed by atoms with van der Waals surface area (Å²) in [5, 5.41) is 2.92. The van der Waals surface area contributed by atoms with Crippen LogP contribution in [0.25, 0.3) is 0 Å². The number of nitrogens with zero attached hydrogens (tertiary/aromatic N) is 1. The molecule has 0 bridgehead atoms. The topological polar surface area (TPSA) is 84.9 Å². The van der Waals surface area contributed by atoms with Crippen LogP contribution in [0.3, 0.4) is 0 Å². The molecule has 0 saturated carbocycles. The monoisotopic (exact) mass is 446 g/mol. The summed E-state index contributed by atoms with van der Waals surface area (Å²) in [6.07, 6.45) is 1.16. The van der Waals surface area contributed by atoms with Crippen molar-refractivity contribution in [1.82, 2.24) is 9.62 Å². The predicted octanol–water partition coefficient (Wildman–Crippen LogP) is 2.98. The van der Waals surface area contributed by atoms with Crippen molar-refractivity contribution in [2.45, 2.75) is 44.2 Å². The first-order valence-corrected chi connectivity index (χ1v) is 11.8. The van der Waals surface area contributed by atoms with Crippen LogP contribution < -0.4 is 14.8 Å². The maximum Gasteiger partial charge on any atom is 0.244 e. The van der Waals surface area contributed by atoms with Gasteiger partial charge in [0.25, 0.3) is 0 Å². The Morgan fingerprint density at radius 2 is 1.77 bits per heavy atom. The fraction of sp³-hybridized carbons (Fsp3) is 0.435. The van der Waals surface area contributed by atoms with Gasteiger partial charge in [0.1, 0.15) is 6.04 Å². The quantitative estimate of drug-likeness (QED) is 0.674. The van der Waals surface area contributed by atoms with Gasteiger partial charge in [-0.25, -0.2) is 8.42 Å². The van der Waals surface area contributed by atoms with Gasteiger partial charge in [0.05, 0.1) is 19.1 Å². The Kier molecular flexibility index (Phi) is 7.23. The first-order chi connectivity index (χ1) is 14.8. The Bertz CT molecular complexity index is 1040. The average Bonchev–Trinajstić information content (AvgIpc) is 2.77. The molecule has 1 atom stereocenters. The molecule has 7 nitrogen and oxygen atoms in total. The van der Waals surface area contributed by atoms with Crippen molar-refractivity contribution in [3.05, 3.63) is 53.6 Å². The lowest BCUT2D eigenvalue weighted by atomic mass is 9.95. The molecule has 2 aromatic carbocycles. The predicted molar refractivity (Wildman–Crippen MR) is 119 cm³/mol. The SMILES string of the molecule is COc1ccc(S(=O)(=O)N2Cc3ccccc3C[C@@H]2C(=O)NCCC(C)C)cc1OC. The number of hydrogen-bond acceptors (Lipinski definition) is 5. The third kappa shape index (κ3) is 5.02. The third-order valence-electron chi connectivity index (χ3n) is 5.49. The van der Waals surface area contributed by atoms with Gasteiger partial charge in [0.2, 0.25) is 15.9 Å². The number of sulfonamides is 1. The van der Waals surface area contributed by atoms with Crippen molar-refractivity contribution < 1.29 is 22.7 Å². The molecule has 2 aromatic rings. The molecule has 0 fully saturated rings. The van der Waals surface area contributed by atoms with E-state index in [4.69, 9.17) is 9.47 Å². The van der Waals surface area contributed by atoms with Gasteiger partial charge in [-0.05, 0) is 42.0 Å². The highest BCUT2D eigenvalue weighted by atomic mass is 32.2. The number of ether oxygens (including phenoxy) is 2. The molecule has 1 amide bonds. The Morgan fingerprint density at radius 3 is 2.42 bits per heavy atom. The maximum atomic E-state index is 13.6. The number of hydrogen-bond donors (Lipinski definition) is 1. The minimum absolute atomic E-state index is 0.0597. The van der Waals surface area contributed by atoms with E-state index in [9.17, 15) is 13.2 Å². The zero-order valence-electron chi connectivity index (χ0n) is 18.4. The van der Waals surface area contributed by atoms with Gasteiger partial charge in [-0.3, -0.25) is 4.79 Å². The highest BCUT2D eigenvalue weighted by molar-refractivity contribution is 7.89. The van der Waals surface area contributed by atoms with Crippen LogP contribution in [0.4, 0.5) is 0 Å². The van der Waals surface area contributed by atoms with Gasteiger partial charge in [-0.2, -0.15) is 4.31 Å². The number of rotatable bonds is 8. The average molecular weight is 447 g/mol. The Balaban J connectivity index is 1.97. The molecule has 3 rings (SSSR count). The number of nitrogens with one attached hydrogen (secondary N) is 1. The Labute approximate surface area is 184 Å². The summed E-state index contributed by atoms with van der Waals surface area (Å²) in [6.45, 7) is 4.81. The lowest BCUT2D eigenvalue weighted by Crippen LogP contribution is -2.52. The molecule has 0 spiro atoms. The van der Waals surface area contributed by atoms with Crippen LogP contribution >= 0.6 is 0 Å². The van der Waals surface area contributed by atoms with Gasteiger partial charge in [-0.15, -0.1) is 0 Å². The summed E-state index contributed by atoms with van der Waals surface area (Å²) in [7, 11) is -1.02. The summed E-state index contributed by atoms with van der Waals surface area (Å²) in [5.74, 6) is 0.922. The second-order valence-electron chi connectivity index (χ2n) is 8.03. The van der Waals surface area contributed by atoms with Crippen molar-refractivity contribution in [2.75, 3.05) is 20.8 Å². The number of amides is 1. The fourth-order valence-corrected chi connectivity index (χ4v) is 5.27. The van der Waals surface area contributed by atoms with Crippen LogP contribution in [0.1, 0.15) is 31.4 Å². The molecule has 31 heavy (non-hydrogen) atoms. The Hall–Kier alpha value is -2.58. The van der Waals surface area contributed by atoms with Crippen molar-refractivity contribution in [1.29, 1.82) is 0 Å². The molecule has 1 heterocycles. The first kappa shape index (κ1) is 23.1. The highest BCUT2D eigenvalue weighted by Crippen LogP contribution is 2.34. The van der Waals surface area contributed by atoms with Crippen LogP contribution in [0.5, 0.6) is 11.5 Å². The summed E-state index contributed by atoms with van der Waals surface area (Å²) >= 11 is 0. The van der Waals surface area contributed by atoms with Gasteiger partial charge < -0.3 is 14.8 Å². The van der Waals surface area contributed by atoms with E-state index in [1.165, 1.54) is 30.7 Å². The molecule has 1 aliphatic rings. The summed E-state index contributed by atoms with van der Waals surface area (Å²) in [6, 6.07) is 11.3. The minimum Gasteiger partial charge on any atom is -0.493 e. The first-order valence-electron chi connectivity index (χ1n) is 10.4. The van der Waals surface area contributed by atoms with Crippen molar-refractivity contribution in [3.63, 3.8) is 0 Å². The molecule has 1 aliphatic heterocycles. The van der Waals surface area contributed by atoms with Gasteiger partial charge >= 0.3 is 0 Å². The van der Waals surface area contributed by atoms with Crippen molar-refractivity contribution in [2.24, 2.45) is 5.92 Å². The van der Waals surface area contributed by atoms with Crippen molar-refractivity contribution >= 4 is 15.9 Å². The van der Waals surface area contributed by atoms with Crippen LogP contribution in [0.2, 0.25) is 0 Å². The normalized spacial score (nSPS) is 16.6. The third-order valence-corrected chi connectivity index (χ3v) is 7.34. The van der Waals surface area contributed by atoms with Gasteiger partial charge in [0, 0.05) is 19.2 Å². The maximum absolute atomic E-state index is 13.6. The summed E-state index contributed by atoms with van der Waals surface area (Å²) in [4.78, 5) is 13.1. The molecule has 0 saturated heterocycles. The molecule has 0 aliphatic carbocycles. The molecule has 1 N–H and O–H groups in total. The zero-order valence-corrected chi connectivity index (χ0v) is 19.2. The van der Waals surface area contributed by atoms with Gasteiger partial charge in [0.15, 0.2) is 11.5 Å². The van der Waals surface area contributed by atoms with E-state index < -0.39 is 16.1 Å². The molecule has 0 radical (unpaired) electrons. The van der Waals surface area contributed by atoms with Crippen LogP contribution in [0, 0.1) is 5.92 Å². The standard InChI is InChI=1S/C23H30N2O5S/c1-16(2)11-12-24-23(26)20-13-17-7-5-6-8-18(17)15-25(20)31(27,28)19-9-10-21(29-3)22(14-19)30-4/h5-10,14,16,20H,11-13,15H2,1-4H3,(H,24,26)/t20-/m1/s1. The van der Waals surface area contributed by atoms with E-state index in [0.29, 0.717) is 30.4 Å². The second kappa shape index (κ2) is 9.70. The molecule has 0 aromatic heterocycles. The number of carbonyl (C=O) groups excluding carboxylic acids is 1. The number of carbonyl (C=O) groups is 1. The zero-order chi connectivity index (χ0) is 22.6. The molecule has 168 valence electrons. The Morgan fingerprint density at radius 1 is 1.10 bits per heavy atom. The van der Waals surface area contributed by atoms with E-state index in [1.807, 2.05) is 24.3 Å². The molecular weight excluding hydrogens is 416 g/mol.